The highest BCUT2D eigenvalue weighted by molar-refractivity contribution is 5.79. The SMILES string of the molecule is NC(=O)COC(=O)CC1CCN(c2cccc(-c3ccccc3)n2)CC1. The number of pyridine rings is 1. The molecule has 0 atom stereocenters. The van der Waals surface area contributed by atoms with E-state index in [-0.39, 0.29) is 18.5 Å². The van der Waals surface area contributed by atoms with Crippen LogP contribution in [0.5, 0.6) is 0 Å². The molecule has 6 heteroatoms. The zero-order chi connectivity index (χ0) is 18.4. The normalized spacial score (nSPS) is 14.8. The Balaban J connectivity index is 1.55. The molecule has 0 aliphatic carbocycles. The Morgan fingerprint density at radius 3 is 2.50 bits per heavy atom. The molecule has 26 heavy (non-hydrogen) atoms. The summed E-state index contributed by atoms with van der Waals surface area (Å²) in [5.74, 6) is 0.244. The Hall–Kier alpha value is -2.89. The van der Waals surface area contributed by atoms with Gasteiger partial charge in [-0.3, -0.25) is 9.59 Å². The summed E-state index contributed by atoms with van der Waals surface area (Å²) in [5, 5.41) is 0. The summed E-state index contributed by atoms with van der Waals surface area (Å²) >= 11 is 0. The van der Waals surface area contributed by atoms with Gasteiger partial charge in [0.05, 0.1) is 5.69 Å². The van der Waals surface area contributed by atoms with Crippen molar-refractivity contribution in [3.8, 4) is 11.3 Å². The number of nitrogens with two attached hydrogens (primary N) is 1. The van der Waals surface area contributed by atoms with Crippen molar-refractivity contribution in [3.05, 3.63) is 48.5 Å². The monoisotopic (exact) mass is 353 g/mol. The summed E-state index contributed by atoms with van der Waals surface area (Å²) in [6.07, 6.45) is 2.12. The summed E-state index contributed by atoms with van der Waals surface area (Å²) in [5.41, 5.74) is 7.04. The van der Waals surface area contributed by atoms with Crippen LogP contribution in [-0.2, 0) is 14.3 Å². The van der Waals surface area contributed by atoms with Crippen LogP contribution in [0, 0.1) is 5.92 Å². The molecule has 136 valence electrons. The van der Waals surface area contributed by atoms with Crippen molar-refractivity contribution in [1.29, 1.82) is 0 Å². The Morgan fingerprint density at radius 2 is 1.81 bits per heavy atom. The topological polar surface area (TPSA) is 85.5 Å². The molecule has 1 fully saturated rings. The fourth-order valence-electron chi connectivity index (χ4n) is 3.18. The van der Waals surface area contributed by atoms with E-state index < -0.39 is 5.91 Å². The van der Waals surface area contributed by atoms with Crippen LogP contribution in [0.1, 0.15) is 19.3 Å². The number of amides is 1. The molecule has 0 spiro atoms. The number of hydrogen-bond acceptors (Lipinski definition) is 5. The van der Waals surface area contributed by atoms with Crippen LogP contribution in [0.4, 0.5) is 5.82 Å². The summed E-state index contributed by atoms with van der Waals surface area (Å²) < 4.78 is 4.84. The number of carbonyl (C=O) groups is 2. The number of carbonyl (C=O) groups excluding carboxylic acids is 2. The third-order valence-corrected chi connectivity index (χ3v) is 4.57. The largest absolute Gasteiger partial charge is 0.456 e. The quantitative estimate of drug-likeness (QED) is 0.806. The summed E-state index contributed by atoms with van der Waals surface area (Å²) in [7, 11) is 0. The molecule has 2 heterocycles. The van der Waals surface area contributed by atoms with Crippen molar-refractivity contribution in [3.63, 3.8) is 0 Å². The minimum atomic E-state index is -0.627. The van der Waals surface area contributed by atoms with Gasteiger partial charge in [0.2, 0.25) is 0 Å². The first-order chi connectivity index (χ1) is 12.6. The summed E-state index contributed by atoms with van der Waals surface area (Å²) in [4.78, 5) is 29.4. The van der Waals surface area contributed by atoms with Gasteiger partial charge in [-0.2, -0.15) is 0 Å². The number of ether oxygens (including phenoxy) is 1. The molecule has 3 rings (SSSR count). The van der Waals surface area contributed by atoms with Gasteiger partial charge < -0.3 is 15.4 Å². The van der Waals surface area contributed by atoms with E-state index in [2.05, 4.69) is 17.0 Å². The smallest absolute Gasteiger partial charge is 0.306 e. The van der Waals surface area contributed by atoms with Gasteiger partial charge in [0.1, 0.15) is 5.82 Å². The molecule has 0 radical (unpaired) electrons. The van der Waals surface area contributed by atoms with Crippen molar-refractivity contribution in [1.82, 2.24) is 4.98 Å². The number of piperidine rings is 1. The molecule has 1 aliphatic heterocycles. The predicted octanol–water partition coefficient (Wildman–Crippen LogP) is 2.38. The van der Waals surface area contributed by atoms with Gasteiger partial charge in [-0.15, -0.1) is 0 Å². The van der Waals surface area contributed by atoms with Crippen LogP contribution >= 0.6 is 0 Å². The van der Waals surface area contributed by atoms with Crippen molar-refractivity contribution in [2.24, 2.45) is 11.7 Å². The van der Waals surface area contributed by atoms with Crippen molar-refractivity contribution >= 4 is 17.7 Å². The molecular formula is C20H23N3O3. The summed E-state index contributed by atoms with van der Waals surface area (Å²) in [6, 6.07) is 16.2. The zero-order valence-electron chi connectivity index (χ0n) is 14.6. The van der Waals surface area contributed by atoms with Crippen LogP contribution in [0.25, 0.3) is 11.3 Å². The standard InChI is InChI=1S/C20H23N3O3/c21-18(24)14-26-20(25)13-15-9-11-23(12-10-15)19-8-4-7-17(22-19)16-5-2-1-3-6-16/h1-8,15H,9-14H2,(H2,21,24). The predicted molar refractivity (Wildman–Crippen MR) is 99.4 cm³/mol. The average molecular weight is 353 g/mol. The van der Waals surface area contributed by atoms with E-state index in [0.29, 0.717) is 6.42 Å². The second kappa shape index (κ2) is 8.47. The van der Waals surface area contributed by atoms with Crippen LogP contribution in [0.15, 0.2) is 48.5 Å². The average Bonchev–Trinajstić information content (AvgIpc) is 2.68. The van der Waals surface area contributed by atoms with Crippen molar-refractivity contribution < 1.29 is 14.3 Å². The van der Waals surface area contributed by atoms with E-state index >= 15 is 0 Å². The van der Waals surface area contributed by atoms with E-state index in [4.69, 9.17) is 15.5 Å². The maximum atomic E-state index is 11.7. The lowest BCUT2D eigenvalue weighted by molar-refractivity contribution is -0.148. The first-order valence-corrected chi connectivity index (χ1v) is 8.83. The number of primary amides is 1. The lowest BCUT2D eigenvalue weighted by Gasteiger charge is -2.32. The first kappa shape index (κ1) is 17.9. The van der Waals surface area contributed by atoms with E-state index in [1.165, 1.54) is 0 Å². The van der Waals surface area contributed by atoms with Crippen LogP contribution in [0.2, 0.25) is 0 Å². The highest BCUT2D eigenvalue weighted by Crippen LogP contribution is 2.26. The fourth-order valence-corrected chi connectivity index (χ4v) is 3.18. The van der Waals surface area contributed by atoms with Crippen molar-refractivity contribution in [2.45, 2.75) is 19.3 Å². The molecule has 0 saturated carbocycles. The summed E-state index contributed by atoms with van der Waals surface area (Å²) in [6.45, 7) is 1.35. The van der Waals surface area contributed by atoms with Gasteiger partial charge in [0, 0.05) is 25.1 Å². The molecule has 1 aliphatic rings. The first-order valence-electron chi connectivity index (χ1n) is 8.83. The highest BCUT2D eigenvalue weighted by Gasteiger charge is 2.23. The van der Waals surface area contributed by atoms with Gasteiger partial charge >= 0.3 is 5.97 Å². The van der Waals surface area contributed by atoms with Gasteiger partial charge in [-0.1, -0.05) is 36.4 Å². The Bertz CT molecular complexity index is 756. The Kier molecular flexibility index (Phi) is 5.84. The van der Waals surface area contributed by atoms with Gasteiger partial charge in [0.15, 0.2) is 6.61 Å². The van der Waals surface area contributed by atoms with Crippen molar-refractivity contribution in [2.75, 3.05) is 24.6 Å². The van der Waals surface area contributed by atoms with Crippen LogP contribution in [0.3, 0.4) is 0 Å². The Morgan fingerprint density at radius 1 is 1.08 bits per heavy atom. The molecule has 0 bridgehead atoms. The molecule has 1 aromatic carbocycles. The van der Waals surface area contributed by atoms with Gasteiger partial charge in [-0.25, -0.2) is 4.98 Å². The maximum absolute atomic E-state index is 11.7. The number of nitrogens with zero attached hydrogens (tertiary/aromatic N) is 2. The zero-order valence-corrected chi connectivity index (χ0v) is 14.6. The molecule has 6 nitrogen and oxygen atoms in total. The van der Waals surface area contributed by atoms with Gasteiger partial charge in [0.25, 0.3) is 5.91 Å². The number of benzene rings is 1. The number of esters is 1. The third-order valence-electron chi connectivity index (χ3n) is 4.57. The molecule has 2 N–H and O–H groups in total. The number of anilines is 1. The van der Waals surface area contributed by atoms with E-state index in [1.807, 2.05) is 36.4 Å². The second-order valence-corrected chi connectivity index (χ2v) is 6.51. The minimum Gasteiger partial charge on any atom is -0.456 e. The molecule has 1 aromatic heterocycles. The second-order valence-electron chi connectivity index (χ2n) is 6.51. The van der Waals surface area contributed by atoms with E-state index in [9.17, 15) is 9.59 Å². The fraction of sp³-hybridized carbons (Fsp3) is 0.350. The maximum Gasteiger partial charge on any atom is 0.306 e. The minimum absolute atomic E-state index is 0.268. The molecule has 2 aromatic rings. The number of aromatic nitrogens is 1. The van der Waals surface area contributed by atoms with Crippen LogP contribution < -0.4 is 10.6 Å². The lowest BCUT2D eigenvalue weighted by Crippen LogP contribution is -2.35. The van der Waals surface area contributed by atoms with E-state index in [1.54, 1.807) is 0 Å². The molecule has 1 saturated heterocycles. The number of rotatable bonds is 6. The highest BCUT2D eigenvalue weighted by atomic mass is 16.5. The lowest BCUT2D eigenvalue weighted by atomic mass is 9.93. The Labute approximate surface area is 153 Å². The van der Waals surface area contributed by atoms with Gasteiger partial charge in [-0.05, 0) is 30.9 Å². The number of hydrogen-bond donors (Lipinski definition) is 1. The molecule has 0 unspecified atom stereocenters. The molecular weight excluding hydrogens is 330 g/mol. The van der Waals surface area contributed by atoms with E-state index in [0.717, 1.165) is 43.0 Å². The van der Waals surface area contributed by atoms with Crippen LogP contribution in [-0.4, -0.2) is 36.6 Å². The third kappa shape index (κ3) is 4.81. The molecule has 1 amide bonds.